The van der Waals surface area contributed by atoms with Crippen molar-refractivity contribution in [2.24, 2.45) is 11.8 Å². The number of carbonyl (C=O) groups is 1. The summed E-state index contributed by atoms with van der Waals surface area (Å²) in [7, 11) is 0. The molecule has 2 heteroatoms. The van der Waals surface area contributed by atoms with E-state index in [1.54, 1.807) is 0 Å². The van der Waals surface area contributed by atoms with Crippen molar-refractivity contribution in [3.8, 4) is 0 Å². The molecule has 10 heavy (non-hydrogen) atoms. The molecule has 0 bridgehead atoms. The zero-order valence-corrected chi connectivity index (χ0v) is 6.17. The minimum atomic E-state index is -0.0626. The van der Waals surface area contributed by atoms with Gasteiger partial charge in [0, 0.05) is 0 Å². The van der Waals surface area contributed by atoms with Crippen molar-refractivity contribution < 1.29 is 9.53 Å². The molecular formula is C8H12O2. The lowest BCUT2D eigenvalue weighted by Crippen LogP contribution is -2.06. The largest absolute Gasteiger partial charge is 0.466 e. The Morgan fingerprint density at radius 2 is 2.60 bits per heavy atom. The Kier molecular flexibility index (Phi) is 2.10. The van der Waals surface area contributed by atoms with Crippen LogP contribution in [0.2, 0.25) is 0 Å². The Labute approximate surface area is 60.9 Å². The quantitative estimate of drug-likeness (QED) is 0.437. The fourth-order valence-corrected chi connectivity index (χ4v) is 0.995. The Morgan fingerprint density at radius 1 is 1.90 bits per heavy atom. The van der Waals surface area contributed by atoms with E-state index in [0.717, 1.165) is 6.42 Å². The van der Waals surface area contributed by atoms with E-state index in [1.165, 1.54) is 0 Å². The second-order valence-corrected chi connectivity index (χ2v) is 2.49. The first-order chi connectivity index (χ1) is 4.79. The summed E-state index contributed by atoms with van der Waals surface area (Å²) in [6.07, 6.45) is 2.75. The first kappa shape index (κ1) is 7.32. The van der Waals surface area contributed by atoms with Crippen LogP contribution < -0.4 is 0 Å². The minimum absolute atomic E-state index is 0.0626. The van der Waals surface area contributed by atoms with Gasteiger partial charge >= 0.3 is 5.97 Å². The van der Waals surface area contributed by atoms with Gasteiger partial charge in [-0.1, -0.05) is 6.08 Å². The topological polar surface area (TPSA) is 26.3 Å². The van der Waals surface area contributed by atoms with Crippen LogP contribution in [-0.4, -0.2) is 12.6 Å². The van der Waals surface area contributed by atoms with Crippen LogP contribution in [0.15, 0.2) is 12.7 Å². The van der Waals surface area contributed by atoms with Crippen molar-refractivity contribution in [1.29, 1.82) is 0 Å². The average molecular weight is 140 g/mol. The summed E-state index contributed by atoms with van der Waals surface area (Å²) in [6.45, 7) is 5.92. The van der Waals surface area contributed by atoms with Gasteiger partial charge in [-0.05, 0) is 19.3 Å². The van der Waals surface area contributed by atoms with Crippen molar-refractivity contribution in [3.05, 3.63) is 12.7 Å². The molecule has 0 N–H and O–H groups in total. The monoisotopic (exact) mass is 140 g/mol. The van der Waals surface area contributed by atoms with E-state index >= 15 is 0 Å². The van der Waals surface area contributed by atoms with E-state index in [9.17, 15) is 4.79 Å². The van der Waals surface area contributed by atoms with E-state index in [1.807, 2.05) is 13.0 Å². The third-order valence-electron chi connectivity index (χ3n) is 1.73. The molecular weight excluding hydrogens is 128 g/mol. The summed E-state index contributed by atoms with van der Waals surface area (Å²) in [5, 5.41) is 0. The average Bonchev–Trinajstić information content (AvgIpc) is 2.66. The molecule has 1 aliphatic carbocycles. The highest BCUT2D eigenvalue weighted by molar-refractivity contribution is 5.76. The van der Waals surface area contributed by atoms with Crippen molar-refractivity contribution in [2.45, 2.75) is 13.3 Å². The summed E-state index contributed by atoms with van der Waals surface area (Å²) < 4.78 is 4.81. The Morgan fingerprint density at radius 3 is 3.00 bits per heavy atom. The van der Waals surface area contributed by atoms with Gasteiger partial charge in [-0.2, -0.15) is 0 Å². The summed E-state index contributed by atoms with van der Waals surface area (Å²) in [5.74, 6) is 0.448. The van der Waals surface area contributed by atoms with Crippen LogP contribution in [-0.2, 0) is 9.53 Å². The van der Waals surface area contributed by atoms with Gasteiger partial charge in [-0.3, -0.25) is 4.79 Å². The molecule has 0 unspecified atom stereocenters. The lowest BCUT2D eigenvalue weighted by molar-refractivity contribution is -0.144. The predicted molar refractivity (Wildman–Crippen MR) is 38.4 cm³/mol. The molecule has 0 aliphatic heterocycles. The van der Waals surface area contributed by atoms with Gasteiger partial charge in [0.15, 0.2) is 0 Å². The lowest BCUT2D eigenvalue weighted by atomic mass is 10.3. The van der Waals surface area contributed by atoms with Crippen molar-refractivity contribution in [2.75, 3.05) is 6.61 Å². The Hall–Kier alpha value is -0.790. The normalized spacial score (nSPS) is 29.3. The fourth-order valence-electron chi connectivity index (χ4n) is 0.995. The number of esters is 1. The zero-order chi connectivity index (χ0) is 7.56. The molecule has 1 fully saturated rings. The maximum absolute atomic E-state index is 10.9. The molecule has 2 atom stereocenters. The van der Waals surface area contributed by atoms with Gasteiger partial charge in [0.1, 0.15) is 0 Å². The number of hydrogen-bond donors (Lipinski definition) is 0. The van der Waals surface area contributed by atoms with Crippen LogP contribution in [0.4, 0.5) is 0 Å². The number of carbonyl (C=O) groups excluding carboxylic acids is 1. The number of rotatable bonds is 3. The number of ether oxygens (including phenoxy) is 1. The van der Waals surface area contributed by atoms with Crippen LogP contribution in [0.25, 0.3) is 0 Å². The van der Waals surface area contributed by atoms with Gasteiger partial charge in [-0.25, -0.2) is 0 Å². The third kappa shape index (κ3) is 1.38. The molecule has 0 radical (unpaired) electrons. The molecule has 56 valence electrons. The zero-order valence-electron chi connectivity index (χ0n) is 6.17. The first-order valence-corrected chi connectivity index (χ1v) is 3.58. The summed E-state index contributed by atoms with van der Waals surface area (Å²) in [5.41, 5.74) is 0. The van der Waals surface area contributed by atoms with Crippen LogP contribution in [0.5, 0.6) is 0 Å². The van der Waals surface area contributed by atoms with Gasteiger partial charge in [0.25, 0.3) is 0 Å². The van der Waals surface area contributed by atoms with E-state index in [0.29, 0.717) is 12.5 Å². The van der Waals surface area contributed by atoms with Crippen LogP contribution >= 0.6 is 0 Å². The van der Waals surface area contributed by atoms with Gasteiger partial charge in [-0.15, -0.1) is 6.58 Å². The molecule has 0 aromatic carbocycles. The summed E-state index contributed by atoms with van der Waals surface area (Å²) in [6, 6.07) is 0. The summed E-state index contributed by atoms with van der Waals surface area (Å²) >= 11 is 0. The van der Waals surface area contributed by atoms with Crippen molar-refractivity contribution in [3.63, 3.8) is 0 Å². The van der Waals surface area contributed by atoms with Gasteiger partial charge in [0.2, 0.25) is 0 Å². The predicted octanol–water partition coefficient (Wildman–Crippen LogP) is 1.37. The SMILES string of the molecule is C=C[C@H]1C[C@H]1C(=O)OCC. The molecule has 0 spiro atoms. The molecule has 1 saturated carbocycles. The molecule has 2 nitrogen and oxygen atoms in total. The van der Waals surface area contributed by atoms with Crippen LogP contribution in [0, 0.1) is 11.8 Å². The highest BCUT2D eigenvalue weighted by atomic mass is 16.5. The molecule has 1 rings (SSSR count). The maximum atomic E-state index is 10.9. The van der Waals surface area contributed by atoms with E-state index in [4.69, 9.17) is 4.74 Å². The van der Waals surface area contributed by atoms with Crippen LogP contribution in [0.3, 0.4) is 0 Å². The van der Waals surface area contributed by atoms with Crippen molar-refractivity contribution >= 4 is 5.97 Å². The molecule has 0 saturated heterocycles. The third-order valence-corrected chi connectivity index (χ3v) is 1.73. The van der Waals surface area contributed by atoms with Gasteiger partial charge < -0.3 is 4.74 Å². The standard InChI is InChI=1S/C8H12O2/c1-3-6-5-7(6)8(9)10-4-2/h3,6-7H,1,4-5H2,2H3/t6-,7+/m0/s1. The molecule has 0 aromatic heterocycles. The Balaban J connectivity index is 2.25. The van der Waals surface area contributed by atoms with Crippen molar-refractivity contribution in [1.82, 2.24) is 0 Å². The minimum Gasteiger partial charge on any atom is -0.466 e. The van der Waals surface area contributed by atoms with E-state index < -0.39 is 0 Å². The first-order valence-electron chi connectivity index (χ1n) is 3.58. The second-order valence-electron chi connectivity index (χ2n) is 2.49. The van der Waals surface area contributed by atoms with Gasteiger partial charge in [0.05, 0.1) is 12.5 Å². The van der Waals surface area contributed by atoms with E-state index in [-0.39, 0.29) is 11.9 Å². The highest BCUT2D eigenvalue weighted by Gasteiger charge is 2.41. The maximum Gasteiger partial charge on any atom is 0.309 e. The molecule has 0 aromatic rings. The van der Waals surface area contributed by atoms with E-state index in [2.05, 4.69) is 6.58 Å². The fraction of sp³-hybridized carbons (Fsp3) is 0.625. The summed E-state index contributed by atoms with van der Waals surface area (Å²) in [4.78, 5) is 10.9. The smallest absolute Gasteiger partial charge is 0.309 e. The second kappa shape index (κ2) is 2.86. The molecule has 0 heterocycles. The lowest BCUT2D eigenvalue weighted by Gasteiger charge is -1.97. The van der Waals surface area contributed by atoms with Crippen LogP contribution in [0.1, 0.15) is 13.3 Å². The molecule has 1 aliphatic rings. The number of allylic oxidation sites excluding steroid dienone is 1. The number of hydrogen-bond acceptors (Lipinski definition) is 2. The highest BCUT2D eigenvalue weighted by Crippen LogP contribution is 2.39. The Bertz CT molecular complexity index is 151. The molecule has 0 amide bonds.